The van der Waals surface area contributed by atoms with Gasteiger partial charge >= 0.3 is 0 Å². The van der Waals surface area contributed by atoms with Crippen molar-refractivity contribution in [1.29, 1.82) is 0 Å². The van der Waals surface area contributed by atoms with E-state index in [1.54, 1.807) is 0 Å². The van der Waals surface area contributed by atoms with Crippen LogP contribution in [-0.2, 0) is 11.3 Å². The van der Waals surface area contributed by atoms with Crippen LogP contribution in [0.4, 0.5) is 0 Å². The minimum atomic E-state index is 0. The number of halogens is 1. The van der Waals surface area contributed by atoms with Crippen LogP contribution in [0.25, 0.3) is 0 Å². The van der Waals surface area contributed by atoms with Crippen molar-refractivity contribution in [2.45, 2.75) is 70.6 Å². The summed E-state index contributed by atoms with van der Waals surface area (Å²) in [6, 6.07) is 6.72. The maximum absolute atomic E-state index is 6.08. The van der Waals surface area contributed by atoms with E-state index in [0.717, 1.165) is 30.8 Å². The number of guanidine groups is 1. The van der Waals surface area contributed by atoms with Crippen molar-refractivity contribution in [1.82, 2.24) is 5.32 Å². The summed E-state index contributed by atoms with van der Waals surface area (Å²) in [5.41, 5.74) is 8.33. The van der Waals surface area contributed by atoms with Crippen LogP contribution in [0.5, 0.6) is 5.75 Å². The first-order chi connectivity index (χ1) is 12.2. The van der Waals surface area contributed by atoms with Crippen LogP contribution in [0.1, 0.15) is 56.1 Å². The van der Waals surface area contributed by atoms with Crippen LogP contribution in [-0.4, -0.2) is 31.3 Å². The van der Waals surface area contributed by atoms with E-state index in [-0.39, 0.29) is 30.1 Å². The molecule has 1 aliphatic carbocycles. The Kier molecular flexibility index (Phi) is 8.98. The number of hydrogen-bond acceptors (Lipinski definition) is 3. The summed E-state index contributed by atoms with van der Waals surface area (Å²) in [7, 11) is 0. The molecule has 0 spiro atoms. The Labute approximate surface area is 174 Å². The molecule has 146 valence electrons. The Bertz CT molecular complexity index is 582. The highest BCUT2D eigenvalue weighted by Gasteiger charge is 2.17. The van der Waals surface area contributed by atoms with Gasteiger partial charge in [-0.1, -0.05) is 31.4 Å². The topological polar surface area (TPSA) is 68.9 Å². The van der Waals surface area contributed by atoms with E-state index in [4.69, 9.17) is 15.2 Å². The second-order valence-corrected chi connectivity index (χ2v) is 7.24. The van der Waals surface area contributed by atoms with Crippen molar-refractivity contribution in [2.24, 2.45) is 10.7 Å². The maximum atomic E-state index is 6.08. The van der Waals surface area contributed by atoms with E-state index in [1.165, 1.54) is 37.7 Å². The van der Waals surface area contributed by atoms with E-state index < -0.39 is 0 Å². The molecule has 1 aromatic rings. The average Bonchev–Trinajstić information content (AvgIpc) is 3.13. The normalized spacial score (nSPS) is 21.3. The van der Waals surface area contributed by atoms with Gasteiger partial charge in [0.25, 0.3) is 0 Å². The molecule has 0 aromatic heterocycles. The lowest BCUT2D eigenvalue weighted by Crippen LogP contribution is -2.41. The zero-order chi connectivity index (χ0) is 17.5. The average molecular weight is 473 g/mol. The number of rotatable bonds is 6. The Hall–Kier alpha value is -1.02. The molecule has 2 aliphatic rings. The van der Waals surface area contributed by atoms with Gasteiger partial charge in [0.15, 0.2) is 5.96 Å². The second-order valence-electron chi connectivity index (χ2n) is 7.24. The largest absolute Gasteiger partial charge is 0.491 e. The van der Waals surface area contributed by atoms with E-state index in [0.29, 0.717) is 25.2 Å². The van der Waals surface area contributed by atoms with Crippen molar-refractivity contribution in [3.05, 3.63) is 29.3 Å². The summed E-state index contributed by atoms with van der Waals surface area (Å²) < 4.78 is 11.7. The molecule has 6 heteroatoms. The summed E-state index contributed by atoms with van der Waals surface area (Å²) in [6.07, 6.45) is 8.71. The van der Waals surface area contributed by atoms with Crippen molar-refractivity contribution in [3.63, 3.8) is 0 Å². The van der Waals surface area contributed by atoms with Gasteiger partial charge in [-0.3, -0.25) is 0 Å². The number of nitrogens with two attached hydrogens (primary N) is 1. The van der Waals surface area contributed by atoms with E-state index in [9.17, 15) is 0 Å². The lowest BCUT2D eigenvalue weighted by atomic mass is 9.96. The smallest absolute Gasteiger partial charge is 0.189 e. The number of benzene rings is 1. The van der Waals surface area contributed by atoms with Crippen LogP contribution in [0.15, 0.2) is 23.2 Å². The molecule has 1 aliphatic heterocycles. The van der Waals surface area contributed by atoms with Gasteiger partial charge in [0, 0.05) is 18.2 Å². The molecular weight excluding hydrogens is 441 g/mol. The third-order valence-corrected chi connectivity index (χ3v) is 5.05. The summed E-state index contributed by atoms with van der Waals surface area (Å²) in [5.74, 6) is 1.43. The predicted molar refractivity (Wildman–Crippen MR) is 116 cm³/mol. The molecule has 3 N–H and O–H groups in total. The molecule has 1 saturated heterocycles. The van der Waals surface area contributed by atoms with Crippen molar-refractivity contribution >= 4 is 29.9 Å². The first kappa shape index (κ1) is 21.3. The minimum Gasteiger partial charge on any atom is -0.491 e. The number of aliphatic imine (C=N–C) groups is 1. The third kappa shape index (κ3) is 6.61. The third-order valence-electron chi connectivity index (χ3n) is 5.05. The van der Waals surface area contributed by atoms with Gasteiger partial charge in [0.2, 0.25) is 0 Å². The number of hydrogen-bond donors (Lipinski definition) is 2. The second kappa shape index (κ2) is 11.0. The summed E-state index contributed by atoms with van der Waals surface area (Å²) in [4.78, 5) is 4.53. The minimum absolute atomic E-state index is 0. The van der Waals surface area contributed by atoms with Crippen molar-refractivity contribution < 1.29 is 9.47 Å². The summed E-state index contributed by atoms with van der Waals surface area (Å²) >= 11 is 0. The Balaban J connectivity index is 0.00000243. The van der Waals surface area contributed by atoms with Gasteiger partial charge in [-0.2, -0.15) is 0 Å². The van der Waals surface area contributed by atoms with Crippen LogP contribution >= 0.6 is 24.0 Å². The Morgan fingerprint density at radius 3 is 2.77 bits per heavy atom. The molecule has 2 fully saturated rings. The van der Waals surface area contributed by atoms with Crippen molar-refractivity contribution in [2.75, 3.05) is 13.2 Å². The number of aryl methyl sites for hydroxylation is 1. The quantitative estimate of drug-likeness (QED) is 0.374. The summed E-state index contributed by atoms with van der Waals surface area (Å²) in [5, 5.41) is 3.36. The van der Waals surface area contributed by atoms with Gasteiger partial charge in [0.05, 0.1) is 12.6 Å². The number of ether oxygens (including phenoxy) is 2. The number of nitrogens with zero attached hydrogens (tertiary/aromatic N) is 1. The predicted octanol–water partition coefficient (Wildman–Crippen LogP) is 3.91. The highest BCUT2D eigenvalue weighted by atomic mass is 127. The Morgan fingerprint density at radius 2 is 2.04 bits per heavy atom. The van der Waals surface area contributed by atoms with Crippen LogP contribution in [0.2, 0.25) is 0 Å². The van der Waals surface area contributed by atoms with Gasteiger partial charge in [-0.25, -0.2) is 4.99 Å². The molecule has 1 unspecified atom stereocenters. The zero-order valence-electron chi connectivity index (χ0n) is 15.7. The lowest BCUT2D eigenvalue weighted by molar-refractivity contribution is 0.0676. The standard InChI is InChI=1S/C20H31N3O2.HI/c1-15-9-10-16(19(12-15)25-14-18-8-5-11-24-18)13-22-20(21)23-17-6-3-2-4-7-17;/h9-10,12,17-18H,2-8,11,13-14H2,1H3,(H3,21,22,23);1H. The van der Waals surface area contributed by atoms with Crippen molar-refractivity contribution in [3.8, 4) is 5.75 Å². The first-order valence-electron chi connectivity index (χ1n) is 9.61. The molecule has 0 radical (unpaired) electrons. The van der Waals surface area contributed by atoms with E-state index in [2.05, 4.69) is 35.4 Å². The molecule has 1 aromatic carbocycles. The monoisotopic (exact) mass is 473 g/mol. The number of nitrogens with one attached hydrogen (secondary N) is 1. The first-order valence-corrected chi connectivity index (χ1v) is 9.61. The van der Waals surface area contributed by atoms with Gasteiger partial charge < -0.3 is 20.5 Å². The van der Waals surface area contributed by atoms with E-state index >= 15 is 0 Å². The van der Waals surface area contributed by atoms with Gasteiger partial charge in [0.1, 0.15) is 12.4 Å². The van der Waals surface area contributed by atoms with Crippen LogP contribution in [0, 0.1) is 6.92 Å². The van der Waals surface area contributed by atoms with Crippen LogP contribution in [0.3, 0.4) is 0 Å². The lowest BCUT2D eigenvalue weighted by Gasteiger charge is -2.23. The molecule has 0 amide bonds. The van der Waals surface area contributed by atoms with Gasteiger partial charge in [-0.15, -0.1) is 24.0 Å². The zero-order valence-corrected chi connectivity index (χ0v) is 18.0. The Morgan fingerprint density at radius 1 is 1.23 bits per heavy atom. The molecular formula is C20H32IN3O2. The molecule has 1 atom stereocenters. The molecule has 1 saturated carbocycles. The highest BCUT2D eigenvalue weighted by Crippen LogP contribution is 2.23. The van der Waals surface area contributed by atoms with Crippen LogP contribution < -0.4 is 15.8 Å². The van der Waals surface area contributed by atoms with Gasteiger partial charge in [-0.05, 0) is 44.2 Å². The molecule has 0 bridgehead atoms. The maximum Gasteiger partial charge on any atom is 0.189 e. The molecule has 5 nitrogen and oxygen atoms in total. The molecule has 3 rings (SSSR count). The molecule has 26 heavy (non-hydrogen) atoms. The fourth-order valence-electron chi connectivity index (χ4n) is 3.56. The fraction of sp³-hybridized carbons (Fsp3) is 0.650. The highest BCUT2D eigenvalue weighted by molar-refractivity contribution is 14.0. The van der Waals surface area contributed by atoms with E-state index in [1.807, 2.05) is 0 Å². The fourth-order valence-corrected chi connectivity index (χ4v) is 3.56. The SMILES string of the molecule is Cc1ccc(CN=C(N)NC2CCCCC2)c(OCC2CCCO2)c1.I. The summed E-state index contributed by atoms with van der Waals surface area (Å²) in [6.45, 7) is 4.07. The molecule has 1 heterocycles.